The Labute approximate surface area is 135 Å². The molecule has 0 atom stereocenters. The average molecular weight is 298 g/mol. The highest BCUT2D eigenvalue weighted by atomic mass is 16.5. The van der Waals surface area contributed by atoms with Crippen LogP contribution in [-0.4, -0.2) is 13.2 Å². The van der Waals surface area contributed by atoms with Gasteiger partial charge in [-0.1, -0.05) is 38.5 Å². The molecule has 0 saturated carbocycles. The van der Waals surface area contributed by atoms with Crippen LogP contribution in [0.15, 0.2) is 12.1 Å². The molecule has 0 unspecified atom stereocenters. The van der Waals surface area contributed by atoms with Crippen LogP contribution in [0.2, 0.25) is 0 Å². The van der Waals surface area contributed by atoms with Gasteiger partial charge in [-0.25, -0.2) is 0 Å². The lowest BCUT2D eigenvalue weighted by Gasteiger charge is -2.13. The number of rotatable bonds is 8. The van der Waals surface area contributed by atoms with Gasteiger partial charge < -0.3 is 9.47 Å². The second-order valence-corrected chi connectivity index (χ2v) is 5.00. The van der Waals surface area contributed by atoms with Crippen LogP contribution in [0.1, 0.15) is 64.5 Å². The first kappa shape index (κ1) is 18.0. The van der Waals surface area contributed by atoms with Crippen LogP contribution in [0.25, 0.3) is 0 Å². The Morgan fingerprint density at radius 3 is 1.50 bits per heavy atom. The third-order valence-electron chi connectivity index (χ3n) is 3.11. The molecule has 1 rings (SSSR count). The summed E-state index contributed by atoms with van der Waals surface area (Å²) in [6, 6.07) is 3.90. The summed E-state index contributed by atoms with van der Waals surface area (Å²) < 4.78 is 11.7. The Balaban J connectivity index is 3.11. The monoisotopic (exact) mass is 298 g/mol. The quantitative estimate of drug-likeness (QED) is 0.507. The maximum atomic E-state index is 5.87. The highest BCUT2D eigenvalue weighted by Gasteiger charge is 2.10. The van der Waals surface area contributed by atoms with Crippen molar-refractivity contribution in [3.05, 3.63) is 23.3 Å². The zero-order chi connectivity index (χ0) is 16.2. The summed E-state index contributed by atoms with van der Waals surface area (Å²) in [5, 5.41) is 0. The second kappa shape index (κ2) is 10.6. The van der Waals surface area contributed by atoms with Crippen molar-refractivity contribution in [2.75, 3.05) is 13.2 Å². The molecule has 0 N–H and O–H groups in total. The van der Waals surface area contributed by atoms with Crippen LogP contribution in [0.5, 0.6) is 11.5 Å². The van der Waals surface area contributed by atoms with E-state index in [2.05, 4.69) is 37.5 Å². The van der Waals surface area contributed by atoms with Crippen LogP contribution < -0.4 is 9.47 Å². The van der Waals surface area contributed by atoms with Gasteiger partial charge in [0, 0.05) is 12.1 Å². The van der Waals surface area contributed by atoms with Gasteiger partial charge in [-0.05, 0) is 26.7 Å². The van der Waals surface area contributed by atoms with Crippen molar-refractivity contribution < 1.29 is 9.47 Å². The fraction of sp³-hybridized carbons (Fsp3) is 0.500. The highest BCUT2D eigenvalue weighted by Crippen LogP contribution is 2.29. The fourth-order valence-electron chi connectivity index (χ4n) is 1.92. The molecule has 0 amide bonds. The first-order chi connectivity index (χ1) is 10.8. The standard InChI is InChI=1S/C20H26O2/c1-5-9-13-21-19-15-18(12-8-4)20(22-14-10-6-2)16-17(19)11-7-3/h15-16H,5-6,9-10,13-14H2,1-4H3. The average Bonchev–Trinajstić information content (AvgIpc) is 2.51. The van der Waals surface area contributed by atoms with Crippen molar-refractivity contribution in [1.82, 2.24) is 0 Å². The predicted octanol–water partition coefficient (Wildman–Crippen LogP) is 4.79. The van der Waals surface area contributed by atoms with Crippen LogP contribution in [0.4, 0.5) is 0 Å². The van der Waals surface area contributed by atoms with Gasteiger partial charge in [0.05, 0.1) is 24.3 Å². The topological polar surface area (TPSA) is 18.5 Å². The Morgan fingerprint density at radius 2 is 1.18 bits per heavy atom. The third kappa shape index (κ3) is 5.74. The van der Waals surface area contributed by atoms with Gasteiger partial charge >= 0.3 is 0 Å². The van der Waals surface area contributed by atoms with Gasteiger partial charge in [0.15, 0.2) is 0 Å². The van der Waals surface area contributed by atoms with E-state index in [1.165, 1.54) is 0 Å². The summed E-state index contributed by atoms with van der Waals surface area (Å²) in [6.07, 6.45) is 4.27. The molecule has 1 aromatic rings. The summed E-state index contributed by atoms with van der Waals surface area (Å²) in [7, 11) is 0. The molecule has 22 heavy (non-hydrogen) atoms. The Kier molecular flexibility index (Phi) is 8.70. The zero-order valence-corrected chi connectivity index (χ0v) is 14.2. The van der Waals surface area contributed by atoms with Crippen LogP contribution in [0.3, 0.4) is 0 Å². The van der Waals surface area contributed by atoms with E-state index >= 15 is 0 Å². The van der Waals surface area contributed by atoms with Crippen LogP contribution in [-0.2, 0) is 0 Å². The zero-order valence-electron chi connectivity index (χ0n) is 14.2. The lowest BCUT2D eigenvalue weighted by Crippen LogP contribution is -2.03. The minimum absolute atomic E-state index is 0.698. The number of hydrogen-bond donors (Lipinski definition) is 0. The van der Waals surface area contributed by atoms with Gasteiger partial charge in [-0.15, -0.1) is 11.8 Å². The molecular formula is C20H26O2. The first-order valence-electron chi connectivity index (χ1n) is 8.05. The van der Waals surface area contributed by atoms with E-state index in [0.717, 1.165) is 48.3 Å². The van der Waals surface area contributed by atoms with Crippen molar-refractivity contribution in [1.29, 1.82) is 0 Å². The summed E-state index contributed by atoms with van der Waals surface area (Å²) >= 11 is 0. The third-order valence-corrected chi connectivity index (χ3v) is 3.11. The minimum Gasteiger partial charge on any atom is -0.492 e. The molecule has 0 aliphatic carbocycles. The Morgan fingerprint density at radius 1 is 0.773 bits per heavy atom. The number of hydrogen-bond acceptors (Lipinski definition) is 2. The van der Waals surface area contributed by atoms with Crippen molar-refractivity contribution in [2.24, 2.45) is 0 Å². The summed E-state index contributed by atoms with van der Waals surface area (Å²) in [5.74, 6) is 13.7. The molecule has 0 aliphatic heterocycles. The van der Waals surface area contributed by atoms with E-state index in [-0.39, 0.29) is 0 Å². The van der Waals surface area contributed by atoms with Crippen molar-refractivity contribution >= 4 is 0 Å². The van der Waals surface area contributed by atoms with Crippen LogP contribution in [0, 0.1) is 23.7 Å². The molecule has 0 saturated heterocycles. The molecule has 0 aromatic heterocycles. The number of benzene rings is 1. The molecule has 2 heteroatoms. The second-order valence-electron chi connectivity index (χ2n) is 5.00. The molecule has 2 nitrogen and oxygen atoms in total. The molecule has 0 fully saturated rings. The van der Waals surface area contributed by atoms with Gasteiger partial charge in [0.2, 0.25) is 0 Å². The van der Waals surface area contributed by atoms with Crippen LogP contribution >= 0.6 is 0 Å². The van der Waals surface area contributed by atoms with E-state index in [1.54, 1.807) is 0 Å². The number of ether oxygens (including phenoxy) is 2. The van der Waals surface area contributed by atoms with Crippen molar-refractivity contribution in [3.8, 4) is 35.2 Å². The molecule has 0 heterocycles. The molecule has 0 spiro atoms. The van der Waals surface area contributed by atoms with E-state index in [9.17, 15) is 0 Å². The van der Waals surface area contributed by atoms with Gasteiger partial charge in [0.25, 0.3) is 0 Å². The largest absolute Gasteiger partial charge is 0.492 e. The van der Waals surface area contributed by atoms with Gasteiger partial charge in [-0.2, -0.15) is 0 Å². The first-order valence-corrected chi connectivity index (χ1v) is 8.05. The Bertz CT molecular complexity index is 526. The SMILES string of the molecule is CC#Cc1cc(OCCCC)c(C#CC)cc1OCCCC. The smallest absolute Gasteiger partial charge is 0.136 e. The molecule has 0 radical (unpaired) electrons. The van der Waals surface area contributed by atoms with E-state index in [1.807, 2.05) is 26.0 Å². The maximum Gasteiger partial charge on any atom is 0.136 e. The Hall–Kier alpha value is -2.06. The molecule has 0 bridgehead atoms. The molecule has 1 aromatic carbocycles. The maximum absolute atomic E-state index is 5.87. The van der Waals surface area contributed by atoms with Gasteiger partial charge in [-0.3, -0.25) is 0 Å². The molecule has 118 valence electrons. The highest BCUT2D eigenvalue weighted by molar-refractivity contribution is 5.58. The van der Waals surface area contributed by atoms with E-state index in [4.69, 9.17) is 9.47 Å². The summed E-state index contributed by atoms with van der Waals surface area (Å²) in [4.78, 5) is 0. The lowest BCUT2D eigenvalue weighted by molar-refractivity contribution is 0.299. The van der Waals surface area contributed by atoms with Gasteiger partial charge in [0.1, 0.15) is 11.5 Å². The molecular weight excluding hydrogens is 272 g/mol. The number of unbranched alkanes of at least 4 members (excludes halogenated alkanes) is 2. The van der Waals surface area contributed by atoms with Crippen molar-refractivity contribution in [2.45, 2.75) is 53.4 Å². The fourth-order valence-corrected chi connectivity index (χ4v) is 1.92. The predicted molar refractivity (Wildman–Crippen MR) is 92.4 cm³/mol. The minimum atomic E-state index is 0.698. The normalized spacial score (nSPS) is 9.27. The van der Waals surface area contributed by atoms with Crippen molar-refractivity contribution in [3.63, 3.8) is 0 Å². The molecule has 0 aliphatic rings. The van der Waals surface area contributed by atoms with E-state index in [0.29, 0.717) is 13.2 Å². The summed E-state index contributed by atoms with van der Waals surface area (Å²) in [5.41, 5.74) is 1.73. The van der Waals surface area contributed by atoms with E-state index < -0.39 is 0 Å². The lowest BCUT2D eigenvalue weighted by atomic mass is 10.1. The summed E-state index contributed by atoms with van der Waals surface area (Å²) in [6.45, 7) is 9.35.